The molecule has 1 aliphatic heterocycles. The summed E-state index contributed by atoms with van der Waals surface area (Å²) in [5.41, 5.74) is 1.20. The standard InChI is InChI=1S/C17H14ClN3O5S2/c1-26-16(23)10-2-5-12(6-3-10)19-15(22)9-27-17-20-13-7-4-11(18)8-14(13)28(24,25)21-17/h2-8H,9H2,1H3,(H,19,22)(H,20,21). The lowest BCUT2D eigenvalue weighted by atomic mass is 10.2. The van der Waals surface area contributed by atoms with Crippen LogP contribution in [0.4, 0.5) is 11.4 Å². The number of sulfonamides is 1. The summed E-state index contributed by atoms with van der Waals surface area (Å²) in [7, 11) is -2.61. The highest BCUT2D eigenvalue weighted by molar-refractivity contribution is 8.15. The highest BCUT2D eigenvalue weighted by Gasteiger charge is 2.25. The summed E-state index contributed by atoms with van der Waals surface area (Å²) >= 11 is 6.78. The fourth-order valence-corrected chi connectivity index (χ4v) is 4.61. The molecule has 0 aromatic heterocycles. The maximum Gasteiger partial charge on any atom is 0.337 e. The molecule has 28 heavy (non-hydrogen) atoms. The van der Waals surface area contributed by atoms with Crippen molar-refractivity contribution < 1.29 is 22.7 Å². The van der Waals surface area contributed by atoms with Gasteiger partial charge in [0, 0.05) is 10.7 Å². The van der Waals surface area contributed by atoms with E-state index in [1.807, 2.05) is 0 Å². The van der Waals surface area contributed by atoms with Gasteiger partial charge in [0.2, 0.25) is 5.91 Å². The van der Waals surface area contributed by atoms with Gasteiger partial charge in [-0.1, -0.05) is 23.4 Å². The molecule has 11 heteroatoms. The predicted molar refractivity (Wildman–Crippen MR) is 109 cm³/mol. The van der Waals surface area contributed by atoms with E-state index in [2.05, 4.69) is 19.8 Å². The number of rotatable bonds is 4. The molecule has 0 radical (unpaired) electrons. The molecule has 2 aromatic carbocycles. The van der Waals surface area contributed by atoms with Crippen LogP contribution in [0.5, 0.6) is 0 Å². The van der Waals surface area contributed by atoms with Crippen LogP contribution >= 0.6 is 23.4 Å². The Morgan fingerprint density at radius 1 is 1.21 bits per heavy atom. The van der Waals surface area contributed by atoms with E-state index in [1.165, 1.54) is 31.4 Å². The third kappa shape index (κ3) is 4.64. The Morgan fingerprint density at radius 2 is 1.93 bits per heavy atom. The number of amidine groups is 1. The third-order valence-corrected chi connectivity index (χ3v) is 6.14. The Labute approximate surface area is 170 Å². The number of amides is 1. The number of nitrogens with one attached hydrogen (secondary N) is 2. The number of hydrogen-bond acceptors (Lipinski definition) is 7. The molecular formula is C17H14ClN3O5S2. The molecule has 146 valence electrons. The molecule has 0 atom stereocenters. The summed E-state index contributed by atoms with van der Waals surface area (Å²) in [5.74, 6) is -0.902. The molecule has 0 bridgehead atoms. The third-order valence-electron chi connectivity index (χ3n) is 3.60. The second kappa shape index (κ2) is 8.21. The molecule has 1 heterocycles. The molecule has 0 saturated heterocycles. The van der Waals surface area contributed by atoms with Gasteiger partial charge >= 0.3 is 5.97 Å². The minimum Gasteiger partial charge on any atom is -0.465 e. The van der Waals surface area contributed by atoms with Gasteiger partial charge < -0.3 is 15.4 Å². The normalized spacial score (nSPS) is 14.3. The van der Waals surface area contributed by atoms with Gasteiger partial charge in [0.15, 0.2) is 5.17 Å². The van der Waals surface area contributed by atoms with E-state index in [9.17, 15) is 18.0 Å². The first-order chi connectivity index (χ1) is 13.3. The fraction of sp³-hybridized carbons (Fsp3) is 0.118. The van der Waals surface area contributed by atoms with Crippen LogP contribution in [0.2, 0.25) is 5.02 Å². The van der Waals surface area contributed by atoms with Gasteiger partial charge in [0.25, 0.3) is 10.0 Å². The molecule has 2 N–H and O–H groups in total. The number of halogens is 1. The van der Waals surface area contributed by atoms with Crippen molar-refractivity contribution in [2.24, 2.45) is 4.40 Å². The van der Waals surface area contributed by atoms with Crippen molar-refractivity contribution in [2.45, 2.75) is 4.90 Å². The molecule has 0 unspecified atom stereocenters. The van der Waals surface area contributed by atoms with E-state index in [4.69, 9.17) is 11.6 Å². The van der Waals surface area contributed by atoms with Crippen molar-refractivity contribution in [2.75, 3.05) is 23.5 Å². The Morgan fingerprint density at radius 3 is 2.61 bits per heavy atom. The van der Waals surface area contributed by atoms with Crippen LogP contribution in [0, 0.1) is 0 Å². The number of carbonyl (C=O) groups is 2. The Hall–Kier alpha value is -2.56. The van der Waals surface area contributed by atoms with Gasteiger partial charge in [-0.3, -0.25) is 4.79 Å². The minimum atomic E-state index is -3.89. The zero-order valence-electron chi connectivity index (χ0n) is 14.4. The highest BCUT2D eigenvalue weighted by Crippen LogP contribution is 2.31. The SMILES string of the molecule is COC(=O)c1ccc(NC(=O)CSC2=NS(=O)(=O)c3cc(Cl)ccc3N2)cc1. The van der Waals surface area contributed by atoms with Crippen LogP contribution in [0.15, 0.2) is 51.8 Å². The van der Waals surface area contributed by atoms with E-state index in [1.54, 1.807) is 18.2 Å². The number of thioether (sulfide) groups is 1. The van der Waals surface area contributed by atoms with Gasteiger partial charge in [-0.15, -0.1) is 4.40 Å². The summed E-state index contributed by atoms with van der Waals surface area (Å²) < 4.78 is 32.8. The minimum absolute atomic E-state index is 0.0144. The lowest BCUT2D eigenvalue weighted by Crippen LogP contribution is -2.22. The molecule has 8 nitrogen and oxygen atoms in total. The van der Waals surface area contributed by atoms with Crippen molar-refractivity contribution in [3.8, 4) is 0 Å². The molecule has 2 aromatic rings. The molecule has 1 aliphatic rings. The zero-order valence-corrected chi connectivity index (χ0v) is 16.8. The number of anilines is 2. The first-order valence-electron chi connectivity index (χ1n) is 7.81. The summed E-state index contributed by atoms with van der Waals surface area (Å²) in [6.07, 6.45) is 0. The van der Waals surface area contributed by atoms with Crippen LogP contribution in [0.3, 0.4) is 0 Å². The largest absolute Gasteiger partial charge is 0.465 e. The zero-order chi connectivity index (χ0) is 20.3. The average Bonchev–Trinajstić information content (AvgIpc) is 2.66. The molecule has 0 aliphatic carbocycles. The Balaban J connectivity index is 1.61. The lowest BCUT2D eigenvalue weighted by Gasteiger charge is -2.17. The van der Waals surface area contributed by atoms with Gasteiger partial charge in [-0.2, -0.15) is 8.42 Å². The van der Waals surface area contributed by atoms with Crippen LogP contribution in [-0.2, 0) is 19.6 Å². The van der Waals surface area contributed by atoms with E-state index < -0.39 is 16.0 Å². The van der Waals surface area contributed by atoms with Gasteiger partial charge in [0.05, 0.1) is 24.1 Å². The van der Waals surface area contributed by atoms with Crippen molar-refractivity contribution in [1.29, 1.82) is 0 Å². The second-order valence-electron chi connectivity index (χ2n) is 5.54. The summed E-state index contributed by atoms with van der Waals surface area (Å²) in [6, 6.07) is 10.6. The van der Waals surface area contributed by atoms with E-state index in [-0.39, 0.29) is 26.7 Å². The quantitative estimate of drug-likeness (QED) is 0.704. The van der Waals surface area contributed by atoms with Crippen molar-refractivity contribution in [3.05, 3.63) is 53.1 Å². The van der Waals surface area contributed by atoms with E-state index in [0.29, 0.717) is 16.9 Å². The molecule has 0 fully saturated rings. The Kier molecular flexibility index (Phi) is 5.92. The van der Waals surface area contributed by atoms with Gasteiger partial charge in [0.1, 0.15) is 4.90 Å². The molecule has 1 amide bonds. The molecular weight excluding hydrogens is 426 g/mol. The summed E-state index contributed by atoms with van der Waals surface area (Å²) in [5, 5.41) is 5.89. The van der Waals surface area contributed by atoms with Crippen molar-refractivity contribution >= 4 is 61.8 Å². The van der Waals surface area contributed by atoms with Crippen LogP contribution in [0.25, 0.3) is 0 Å². The van der Waals surface area contributed by atoms with Crippen molar-refractivity contribution in [3.63, 3.8) is 0 Å². The smallest absolute Gasteiger partial charge is 0.337 e. The second-order valence-corrected chi connectivity index (χ2v) is 8.52. The number of carbonyl (C=O) groups excluding carboxylic acids is 2. The van der Waals surface area contributed by atoms with Gasteiger partial charge in [-0.05, 0) is 42.5 Å². The number of nitrogens with zero attached hydrogens (tertiary/aromatic N) is 1. The number of benzene rings is 2. The number of hydrogen-bond donors (Lipinski definition) is 2. The van der Waals surface area contributed by atoms with E-state index >= 15 is 0 Å². The first kappa shape index (κ1) is 20.2. The maximum atomic E-state index is 12.2. The van der Waals surface area contributed by atoms with Crippen LogP contribution in [0.1, 0.15) is 10.4 Å². The van der Waals surface area contributed by atoms with Crippen LogP contribution in [-0.4, -0.2) is 38.3 Å². The first-order valence-corrected chi connectivity index (χ1v) is 10.6. The van der Waals surface area contributed by atoms with Crippen molar-refractivity contribution in [1.82, 2.24) is 0 Å². The summed E-state index contributed by atoms with van der Waals surface area (Å²) in [4.78, 5) is 23.5. The molecule has 3 rings (SSSR count). The Bertz CT molecular complexity index is 1070. The summed E-state index contributed by atoms with van der Waals surface area (Å²) in [6.45, 7) is 0. The number of methoxy groups -OCH3 is 1. The number of ether oxygens (including phenoxy) is 1. The molecule has 0 saturated carbocycles. The van der Waals surface area contributed by atoms with Gasteiger partial charge in [-0.25, -0.2) is 4.79 Å². The maximum absolute atomic E-state index is 12.2. The average molecular weight is 440 g/mol. The predicted octanol–water partition coefficient (Wildman–Crippen LogP) is 2.97. The number of fused-ring (bicyclic) bond motifs is 1. The monoisotopic (exact) mass is 439 g/mol. The lowest BCUT2D eigenvalue weighted by molar-refractivity contribution is -0.113. The topological polar surface area (TPSA) is 114 Å². The molecule has 0 spiro atoms. The number of esters is 1. The van der Waals surface area contributed by atoms with E-state index in [0.717, 1.165) is 11.8 Å². The fourth-order valence-electron chi connectivity index (χ4n) is 2.31. The van der Waals surface area contributed by atoms with Crippen LogP contribution < -0.4 is 10.6 Å². The highest BCUT2D eigenvalue weighted by atomic mass is 35.5.